The lowest BCUT2D eigenvalue weighted by Crippen LogP contribution is -2.36. The molecule has 0 saturated heterocycles. The summed E-state index contributed by atoms with van der Waals surface area (Å²) >= 11 is 6.02. The van der Waals surface area contributed by atoms with Crippen LogP contribution in [0.2, 0.25) is 5.02 Å². The second-order valence-electron chi connectivity index (χ2n) is 7.01. The van der Waals surface area contributed by atoms with Crippen LogP contribution in [0.5, 0.6) is 0 Å². The van der Waals surface area contributed by atoms with E-state index in [1.54, 1.807) is 6.92 Å². The van der Waals surface area contributed by atoms with Crippen molar-refractivity contribution >= 4 is 32.5 Å². The third-order valence-electron chi connectivity index (χ3n) is 4.50. The molecule has 3 rings (SSSR count). The summed E-state index contributed by atoms with van der Waals surface area (Å²) in [7, 11) is -3.74. The van der Waals surface area contributed by atoms with E-state index in [-0.39, 0.29) is 11.4 Å². The van der Waals surface area contributed by atoms with Crippen LogP contribution < -0.4 is 4.72 Å². The van der Waals surface area contributed by atoms with Gasteiger partial charge in [-0.25, -0.2) is 17.5 Å². The van der Waals surface area contributed by atoms with Crippen LogP contribution in [0.4, 0.5) is 4.39 Å². The normalized spacial score (nSPS) is 12.7. The fourth-order valence-electron chi connectivity index (χ4n) is 3.02. The van der Waals surface area contributed by atoms with Gasteiger partial charge in [-0.05, 0) is 48.4 Å². The zero-order valence-electron chi connectivity index (χ0n) is 14.7. The molecule has 4 nitrogen and oxygen atoms in total. The molecule has 0 bridgehead atoms. The van der Waals surface area contributed by atoms with E-state index in [1.807, 2.05) is 38.2 Å². The lowest BCUT2D eigenvalue weighted by molar-refractivity contribution is 0.504. The molecule has 1 aromatic heterocycles. The van der Waals surface area contributed by atoms with E-state index in [0.717, 1.165) is 22.5 Å². The van der Waals surface area contributed by atoms with Gasteiger partial charge in [-0.15, -0.1) is 0 Å². The first kappa shape index (κ1) is 18.9. The Morgan fingerprint density at radius 3 is 2.62 bits per heavy atom. The van der Waals surface area contributed by atoms with E-state index >= 15 is 0 Å². The Balaban J connectivity index is 1.87. The molecule has 138 valence electrons. The fraction of sp³-hybridized carbons (Fsp3) is 0.263. The highest BCUT2D eigenvalue weighted by atomic mass is 35.5. The quantitative estimate of drug-likeness (QED) is 0.668. The van der Waals surface area contributed by atoms with Gasteiger partial charge in [0.15, 0.2) is 0 Å². The van der Waals surface area contributed by atoms with Gasteiger partial charge in [-0.3, -0.25) is 0 Å². The van der Waals surface area contributed by atoms with E-state index in [4.69, 9.17) is 11.6 Å². The number of rotatable bonds is 5. The Morgan fingerprint density at radius 1 is 1.19 bits per heavy atom. The highest BCUT2D eigenvalue weighted by Crippen LogP contribution is 2.31. The molecule has 7 heteroatoms. The van der Waals surface area contributed by atoms with Crippen LogP contribution in [0, 0.1) is 12.7 Å². The predicted octanol–water partition coefficient (Wildman–Crippen LogP) is 4.52. The number of halogens is 2. The Kier molecular flexibility index (Phi) is 4.86. The third kappa shape index (κ3) is 3.63. The number of fused-ring (bicyclic) bond motifs is 1. The Morgan fingerprint density at radius 2 is 1.92 bits per heavy atom. The number of benzene rings is 2. The molecule has 1 heterocycles. The van der Waals surface area contributed by atoms with Crippen molar-refractivity contribution in [3.63, 3.8) is 0 Å². The van der Waals surface area contributed by atoms with E-state index in [2.05, 4.69) is 9.71 Å². The third-order valence-corrected chi connectivity index (χ3v) is 6.30. The van der Waals surface area contributed by atoms with Gasteiger partial charge in [-0.2, -0.15) is 0 Å². The van der Waals surface area contributed by atoms with Crippen molar-refractivity contribution < 1.29 is 12.8 Å². The zero-order chi connectivity index (χ0) is 19.1. The van der Waals surface area contributed by atoms with Gasteiger partial charge >= 0.3 is 0 Å². The Labute approximate surface area is 157 Å². The summed E-state index contributed by atoms with van der Waals surface area (Å²) in [6.45, 7) is 5.70. The largest absolute Gasteiger partial charge is 0.361 e. The molecular formula is C19H20ClFN2O2S. The van der Waals surface area contributed by atoms with Gasteiger partial charge in [0.25, 0.3) is 0 Å². The summed E-state index contributed by atoms with van der Waals surface area (Å²) in [6, 6.07) is 9.21. The molecule has 0 unspecified atom stereocenters. The lowest BCUT2D eigenvalue weighted by Gasteiger charge is -2.25. The van der Waals surface area contributed by atoms with Crippen LogP contribution in [0.15, 0.2) is 47.5 Å². The number of H-pyrrole nitrogens is 1. The summed E-state index contributed by atoms with van der Waals surface area (Å²) < 4.78 is 41.2. The summed E-state index contributed by atoms with van der Waals surface area (Å²) in [5, 5.41) is 1.63. The number of nitrogens with one attached hydrogen (secondary N) is 2. The van der Waals surface area contributed by atoms with E-state index < -0.39 is 21.3 Å². The number of sulfonamides is 1. The predicted molar refractivity (Wildman–Crippen MR) is 103 cm³/mol. The second kappa shape index (κ2) is 6.68. The smallest absolute Gasteiger partial charge is 0.240 e. The van der Waals surface area contributed by atoms with Crippen molar-refractivity contribution in [2.45, 2.75) is 31.1 Å². The molecule has 0 saturated carbocycles. The summed E-state index contributed by atoms with van der Waals surface area (Å²) in [6.07, 6.45) is 1.87. The molecule has 0 atom stereocenters. The van der Waals surface area contributed by atoms with Crippen LogP contribution in [-0.4, -0.2) is 19.9 Å². The molecule has 0 aliphatic rings. The van der Waals surface area contributed by atoms with E-state index in [0.29, 0.717) is 10.6 Å². The summed E-state index contributed by atoms with van der Waals surface area (Å²) in [5.74, 6) is -0.459. The molecule has 0 amide bonds. The molecule has 26 heavy (non-hydrogen) atoms. The van der Waals surface area contributed by atoms with Gasteiger partial charge in [0.2, 0.25) is 10.0 Å². The summed E-state index contributed by atoms with van der Waals surface area (Å²) in [4.78, 5) is 3.26. The fourth-order valence-corrected chi connectivity index (χ4v) is 4.63. The van der Waals surface area contributed by atoms with Crippen LogP contribution in [0.3, 0.4) is 0 Å². The minimum atomic E-state index is -3.74. The van der Waals surface area contributed by atoms with Crippen LogP contribution in [0.25, 0.3) is 10.9 Å². The van der Waals surface area contributed by atoms with Gasteiger partial charge in [0.1, 0.15) is 5.82 Å². The maximum atomic E-state index is 13.2. The number of aromatic amines is 1. The average molecular weight is 395 g/mol. The first-order chi connectivity index (χ1) is 12.1. The van der Waals surface area contributed by atoms with Crippen molar-refractivity contribution in [1.82, 2.24) is 9.71 Å². The minimum Gasteiger partial charge on any atom is -0.361 e. The monoisotopic (exact) mass is 394 g/mol. The molecule has 2 N–H and O–H groups in total. The van der Waals surface area contributed by atoms with Crippen LogP contribution in [0.1, 0.15) is 25.0 Å². The van der Waals surface area contributed by atoms with Gasteiger partial charge in [-0.1, -0.05) is 31.5 Å². The average Bonchev–Trinajstić information content (AvgIpc) is 2.96. The number of aryl methyl sites for hydroxylation is 1. The standard InChI is InChI=1S/C19H20ClFN2O2S/c1-12-8-14(21)5-7-18(12)26(24,25)23-11-19(2,3)16-10-22-17-9-13(20)4-6-15(16)17/h4-10,22-23H,11H2,1-3H3. The topological polar surface area (TPSA) is 62.0 Å². The molecule has 0 fully saturated rings. The van der Waals surface area contributed by atoms with Gasteiger partial charge in [0.05, 0.1) is 4.90 Å². The second-order valence-corrected chi connectivity index (χ2v) is 9.18. The maximum Gasteiger partial charge on any atom is 0.240 e. The number of hydrogen-bond donors (Lipinski definition) is 2. The van der Waals surface area contributed by atoms with Crippen molar-refractivity contribution in [1.29, 1.82) is 0 Å². The van der Waals surface area contributed by atoms with Crippen LogP contribution in [-0.2, 0) is 15.4 Å². The summed E-state index contributed by atoms with van der Waals surface area (Å²) in [5.41, 5.74) is 1.80. The molecule has 0 spiro atoms. The van der Waals surface area contributed by atoms with E-state index in [1.165, 1.54) is 12.1 Å². The molecule has 2 aromatic carbocycles. The highest BCUT2D eigenvalue weighted by Gasteiger charge is 2.27. The van der Waals surface area contributed by atoms with Crippen molar-refractivity contribution in [2.75, 3.05) is 6.54 Å². The molecule has 0 aliphatic carbocycles. The molecule has 0 radical (unpaired) electrons. The first-order valence-electron chi connectivity index (χ1n) is 8.13. The molecule has 0 aliphatic heterocycles. The highest BCUT2D eigenvalue weighted by molar-refractivity contribution is 7.89. The van der Waals surface area contributed by atoms with Crippen molar-refractivity contribution in [2.24, 2.45) is 0 Å². The first-order valence-corrected chi connectivity index (χ1v) is 9.99. The Hall–Kier alpha value is -1.89. The number of aromatic nitrogens is 1. The van der Waals surface area contributed by atoms with Gasteiger partial charge < -0.3 is 4.98 Å². The SMILES string of the molecule is Cc1cc(F)ccc1S(=O)(=O)NCC(C)(C)c1c[nH]c2cc(Cl)ccc12. The minimum absolute atomic E-state index is 0.0837. The zero-order valence-corrected chi connectivity index (χ0v) is 16.3. The van der Waals surface area contributed by atoms with Crippen molar-refractivity contribution in [3.8, 4) is 0 Å². The van der Waals surface area contributed by atoms with E-state index in [9.17, 15) is 12.8 Å². The van der Waals surface area contributed by atoms with Crippen molar-refractivity contribution in [3.05, 3.63) is 64.6 Å². The van der Waals surface area contributed by atoms with Crippen LogP contribution >= 0.6 is 11.6 Å². The Bertz CT molecular complexity index is 1070. The maximum absolute atomic E-state index is 13.2. The van der Waals surface area contributed by atoms with Gasteiger partial charge in [0, 0.05) is 34.1 Å². The molecular weight excluding hydrogens is 375 g/mol. The lowest BCUT2D eigenvalue weighted by atomic mass is 9.85. The number of hydrogen-bond acceptors (Lipinski definition) is 2. The molecule has 3 aromatic rings.